The summed E-state index contributed by atoms with van der Waals surface area (Å²) in [5.41, 5.74) is 6.03. The maximum Gasteiger partial charge on any atom is 0.244 e. The standard InChI is InChI=1S/C11H21N5O/c1-8(17)9-13-10(15-14-9)16-5-3-11(2,7-12)4-6-16/h8,17H,3-7,12H2,1-2H3,(H,13,14,15)/t8-/m0/s1. The summed E-state index contributed by atoms with van der Waals surface area (Å²) in [4.78, 5) is 6.42. The van der Waals surface area contributed by atoms with Gasteiger partial charge in [-0.3, -0.25) is 5.10 Å². The molecule has 6 nitrogen and oxygen atoms in total. The Hall–Kier alpha value is -1.14. The first-order chi connectivity index (χ1) is 8.04. The van der Waals surface area contributed by atoms with Crippen molar-refractivity contribution in [2.45, 2.75) is 32.8 Å². The van der Waals surface area contributed by atoms with Gasteiger partial charge in [-0.05, 0) is 31.7 Å². The van der Waals surface area contributed by atoms with Gasteiger partial charge in [-0.25, -0.2) is 0 Å². The number of anilines is 1. The molecule has 1 atom stereocenters. The van der Waals surface area contributed by atoms with Gasteiger partial charge < -0.3 is 15.7 Å². The van der Waals surface area contributed by atoms with Gasteiger partial charge in [0.25, 0.3) is 0 Å². The Morgan fingerprint density at radius 3 is 2.65 bits per heavy atom. The van der Waals surface area contributed by atoms with Crippen molar-refractivity contribution in [3.8, 4) is 0 Å². The molecule has 0 saturated carbocycles. The molecular formula is C11H21N5O. The molecule has 0 unspecified atom stereocenters. The summed E-state index contributed by atoms with van der Waals surface area (Å²) in [5.74, 6) is 1.20. The highest BCUT2D eigenvalue weighted by Crippen LogP contribution is 2.30. The number of aliphatic hydroxyl groups excluding tert-OH is 1. The summed E-state index contributed by atoms with van der Waals surface area (Å²) in [6.07, 6.45) is 1.51. The SMILES string of the molecule is C[C@H](O)c1nc(N2CCC(C)(CN)CC2)n[nH]1. The van der Waals surface area contributed by atoms with Crippen LogP contribution in [0.15, 0.2) is 0 Å². The molecule has 1 saturated heterocycles. The predicted octanol–water partition coefficient (Wildman–Crippen LogP) is 0.423. The summed E-state index contributed by atoms with van der Waals surface area (Å²) < 4.78 is 0. The molecule has 4 N–H and O–H groups in total. The second-order valence-corrected chi connectivity index (χ2v) is 5.20. The van der Waals surface area contributed by atoms with Crippen molar-refractivity contribution in [3.63, 3.8) is 0 Å². The molecule has 1 aromatic heterocycles. The van der Waals surface area contributed by atoms with E-state index in [2.05, 4.69) is 27.0 Å². The smallest absolute Gasteiger partial charge is 0.244 e. The predicted molar refractivity (Wildman–Crippen MR) is 65.6 cm³/mol. The molecule has 17 heavy (non-hydrogen) atoms. The van der Waals surface area contributed by atoms with Gasteiger partial charge in [0.15, 0.2) is 5.82 Å². The van der Waals surface area contributed by atoms with E-state index in [-0.39, 0.29) is 5.41 Å². The fraction of sp³-hybridized carbons (Fsp3) is 0.818. The molecule has 96 valence electrons. The molecule has 0 aromatic carbocycles. The Bertz CT molecular complexity index is 368. The van der Waals surface area contributed by atoms with E-state index in [4.69, 9.17) is 5.73 Å². The van der Waals surface area contributed by atoms with Crippen LogP contribution in [0.2, 0.25) is 0 Å². The van der Waals surface area contributed by atoms with Crippen LogP contribution in [0.5, 0.6) is 0 Å². The highest BCUT2D eigenvalue weighted by molar-refractivity contribution is 5.30. The van der Waals surface area contributed by atoms with Gasteiger partial charge in [0.1, 0.15) is 6.10 Å². The molecular weight excluding hydrogens is 218 g/mol. The van der Waals surface area contributed by atoms with Crippen molar-refractivity contribution in [2.75, 3.05) is 24.5 Å². The average molecular weight is 239 g/mol. The number of piperidine rings is 1. The van der Waals surface area contributed by atoms with Gasteiger partial charge >= 0.3 is 0 Å². The van der Waals surface area contributed by atoms with Crippen LogP contribution in [0.3, 0.4) is 0 Å². The van der Waals surface area contributed by atoms with Crippen LogP contribution in [0.25, 0.3) is 0 Å². The van der Waals surface area contributed by atoms with E-state index >= 15 is 0 Å². The van der Waals surface area contributed by atoms with E-state index in [9.17, 15) is 5.11 Å². The number of H-pyrrole nitrogens is 1. The van der Waals surface area contributed by atoms with Crippen LogP contribution in [0.4, 0.5) is 5.95 Å². The van der Waals surface area contributed by atoms with Crippen molar-refractivity contribution in [1.29, 1.82) is 0 Å². The minimum absolute atomic E-state index is 0.250. The maximum absolute atomic E-state index is 9.39. The number of rotatable bonds is 3. The van der Waals surface area contributed by atoms with E-state index in [1.165, 1.54) is 0 Å². The van der Waals surface area contributed by atoms with Crippen molar-refractivity contribution in [1.82, 2.24) is 15.2 Å². The fourth-order valence-electron chi connectivity index (χ4n) is 2.04. The summed E-state index contributed by atoms with van der Waals surface area (Å²) in [7, 11) is 0. The molecule has 1 aliphatic heterocycles. The molecule has 2 rings (SSSR count). The number of nitrogens with one attached hydrogen (secondary N) is 1. The van der Waals surface area contributed by atoms with E-state index in [1.54, 1.807) is 6.92 Å². The van der Waals surface area contributed by atoms with Crippen LogP contribution in [-0.2, 0) is 0 Å². The second kappa shape index (κ2) is 4.62. The zero-order valence-electron chi connectivity index (χ0n) is 10.5. The number of nitrogens with zero attached hydrogens (tertiary/aromatic N) is 3. The Labute approximate surface area is 101 Å². The molecule has 0 bridgehead atoms. The molecule has 1 fully saturated rings. The number of hydrogen-bond acceptors (Lipinski definition) is 5. The lowest BCUT2D eigenvalue weighted by Crippen LogP contribution is -2.42. The number of aliphatic hydroxyl groups is 1. The molecule has 0 amide bonds. The molecule has 2 heterocycles. The van der Waals surface area contributed by atoms with Gasteiger partial charge in [-0.1, -0.05) is 6.92 Å². The Balaban J connectivity index is 2.00. The largest absolute Gasteiger partial charge is 0.385 e. The highest BCUT2D eigenvalue weighted by atomic mass is 16.3. The minimum Gasteiger partial charge on any atom is -0.385 e. The van der Waals surface area contributed by atoms with Gasteiger partial charge in [0.2, 0.25) is 5.95 Å². The molecule has 0 radical (unpaired) electrons. The van der Waals surface area contributed by atoms with Gasteiger partial charge in [-0.2, -0.15) is 4.98 Å². The zero-order valence-corrected chi connectivity index (χ0v) is 10.5. The third kappa shape index (κ3) is 2.58. The van der Waals surface area contributed by atoms with Crippen LogP contribution in [0.1, 0.15) is 38.6 Å². The Morgan fingerprint density at radius 2 is 2.18 bits per heavy atom. The molecule has 1 aromatic rings. The third-order valence-corrected chi connectivity index (χ3v) is 3.63. The normalized spacial score (nSPS) is 21.5. The highest BCUT2D eigenvalue weighted by Gasteiger charge is 2.30. The molecule has 0 spiro atoms. The molecule has 0 aliphatic carbocycles. The van der Waals surface area contributed by atoms with Crippen molar-refractivity contribution >= 4 is 5.95 Å². The van der Waals surface area contributed by atoms with Crippen molar-refractivity contribution in [3.05, 3.63) is 5.82 Å². The third-order valence-electron chi connectivity index (χ3n) is 3.63. The topological polar surface area (TPSA) is 91.1 Å². The first-order valence-electron chi connectivity index (χ1n) is 6.09. The molecule has 6 heteroatoms. The lowest BCUT2D eigenvalue weighted by molar-refractivity contribution is 0.189. The number of aromatic amines is 1. The van der Waals surface area contributed by atoms with Gasteiger partial charge in [0, 0.05) is 13.1 Å². The Kier molecular flexibility index (Phi) is 3.35. The van der Waals surface area contributed by atoms with E-state index in [1.807, 2.05) is 0 Å². The molecule has 1 aliphatic rings. The van der Waals surface area contributed by atoms with Gasteiger partial charge in [-0.15, -0.1) is 5.10 Å². The number of aromatic nitrogens is 3. The first kappa shape index (κ1) is 12.3. The van der Waals surface area contributed by atoms with E-state index < -0.39 is 6.10 Å². The summed E-state index contributed by atoms with van der Waals surface area (Å²) in [6, 6.07) is 0. The quantitative estimate of drug-likeness (QED) is 0.711. The van der Waals surface area contributed by atoms with Crippen molar-refractivity contribution < 1.29 is 5.11 Å². The Morgan fingerprint density at radius 1 is 1.53 bits per heavy atom. The zero-order chi connectivity index (χ0) is 12.5. The van der Waals surface area contributed by atoms with E-state index in [0.29, 0.717) is 11.8 Å². The fourth-order valence-corrected chi connectivity index (χ4v) is 2.04. The summed E-state index contributed by atoms with van der Waals surface area (Å²) >= 11 is 0. The second-order valence-electron chi connectivity index (χ2n) is 5.20. The van der Waals surface area contributed by atoms with Crippen LogP contribution < -0.4 is 10.6 Å². The van der Waals surface area contributed by atoms with Gasteiger partial charge in [0.05, 0.1) is 0 Å². The lowest BCUT2D eigenvalue weighted by atomic mass is 9.81. The number of nitrogens with two attached hydrogens (primary N) is 1. The summed E-state index contributed by atoms with van der Waals surface area (Å²) in [6.45, 7) is 6.47. The summed E-state index contributed by atoms with van der Waals surface area (Å²) in [5, 5.41) is 16.3. The number of hydrogen-bond donors (Lipinski definition) is 3. The lowest BCUT2D eigenvalue weighted by Gasteiger charge is -2.38. The monoisotopic (exact) mass is 239 g/mol. The first-order valence-corrected chi connectivity index (χ1v) is 6.09. The maximum atomic E-state index is 9.39. The van der Waals surface area contributed by atoms with Crippen LogP contribution in [-0.4, -0.2) is 39.9 Å². The average Bonchev–Trinajstić information content (AvgIpc) is 2.79. The van der Waals surface area contributed by atoms with Crippen molar-refractivity contribution in [2.24, 2.45) is 11.1 Å². The van der Waals surface area contributed by atoms with Crippen LogP contribution >= 0.6 is 0 Å². The van der Waals surface area contributed by atoms with E-state index in [0.717, 1.165) is 32.5 Å². The van der Waals surface area contributed by atoms with Crippen LogP contribution in [0, 0.1) is 5.41 Å². The minimum atomic E-state index is -0.602.